The Kier molecular flexibility index (Phi) is 12.9. The average Bonchev–Trinajstić information content (AvgIpc) is 2.86. The van der Waals surface area contributed by atoms with Crippen molar-refractivity contribution in [2.24, 2.45) is 0 Å². The fourth-order valence-electron chi connectivity index (χ4n) is 3.53. The average molecular weight is 587 g/mol. The van der Waals surface area contributed by atoms with Gasteiger partial charge in [-0.2, -0.15) is 0 Å². The Morgan fingerprint density at radius 3 is 1.77 bits per heavy atom. The lowest BCUT2D eigenvalue weighted by molar-refractivity contribution is -0.0140. The lowest BCUT2D eigenvalue weighted by Gasteiger charge is -2.44. The van der Waals surface area contributed by atoms with Gasteiger partial charge < -0.3 is 23.1 Å². The van der Waals surface area contributed by atoms with Gasteiger partial charge in [0.25, 0.3) is 0 Å². The molecule has 2 aromatic carbocycles. The second kappa shape index (κ2) is 14.9. The van der Waals surface area contributed by atoms with Crippen LogP contribution in [0.4, 0.5) is 0 Å². The largest absolute Gasteiger partial charge is 0.497 e. The van der Waals surface area contributed by atoms with Gasteiger partial charge in [0.15, 0.2) is 16.6 Å². The highest BCUT2D eigenvalue weighted by Gasteiger charge is 2.44. The van der Waals surface area contributed by atoms with E-state index in [1.807, 2.05) is 42.5 Å². The minimum atomic E-state index is -2.12. The van der Waals surface area contributed by atoms with Gasteiger partial charge in [0.1, 0.15) is 5.75 Å². The van der Waals surface area contributed by atoms with Crippen molar-refractivity contribution < 1.29 is 23.1 Å². The van der Waals surface area contributed by atoms with Gasteiger partial charge in [0.2, 0.25) is 0 Å². The van der Waals surface area contributed by atoms with Crippen molar-refractivity contribution >= 4 is 16.6 Å². The van der Waals surface area contributed by atoms with E-state index in [1.54, 1.807) is 7.11 Å². The van der Waals surface area contributed by atoms with Crippen molar-refractivity contribution in [2.45, 2.75) is 103 Å². The summed E-state index contributed by atoms with van der Waals surface area (Å²) in [5.74, 6) is 0.838. The van der Waals surface area contributed by atoms with Gasteiger partial charge in [-0.25, -0.2) is 0 Å². The third-order valence-electron chi connectivity index (χ3n) is 8.22. The van der Waals surface area contributed by atoms with Crippen molar-refractivity contribution in [1.82, 2.24) is 0 Å². The molecular weight excluding hydrogens is 533 g/mol. The third kappa shape index (κ3) is 10.9. The first-order valence-electron chi connectivity index (χ1n) is 14.4. The Hall–Kier alpha value is -1.75. The van der Waals surface area contributed by atoms with Gasteiger partial charge in [-0.1, -0.05) is 96.2 Å². The van der Waals surface area contributed by atoms with Gasteiger partial charge in [0.05, 0.1) is 45.7 Å². The van der Waals surface area contributed by atoms with Crippen LogP contribution in [0.2, 0.25) is 36.3 Å². The van der Waals surface area contributed by atoms with Crippen molar-refractivity contribution in [3.8, 4) is 5.75 Å². The SMILES string of the molecule is COc1ccc(COC[C@H](O[Si](C)(C)C(C)(C)C)[C@H](/C=C/COCc2ccccc2)O[Si](C)(C)C(C)(C)C)cc1. The predicted molar refractivity (Wildman–Crippen MR) is 172 cm³/mol. The second-order valence-corrected chi connectivity index (χ2v) is 23.1. The predicted octanol–water partition coefficient (Wildman–Crippen LogP) is 8.77. The summed E-state index contributed by atoms with van der Waals surface area (Å²) in [5.41, 5.74) is 2.26. The molecule has 0 radical (unpaired) electrons. The Bertz CT molecular complexity index is 1020. The molecule has 0 N–H and O–H groups in total. The molecule has 0 unspecified atom stereocenters. The van der Waals surface area contributed by atoms with E-state index in [1.165, 1.54) is 0 Å². The zero-order valence-corrected chi connectivity index (χ0v) is 28.9. The van der Waals surface area contributed by atoms with Crippen LogP contribution in [-0.4, -0.2) is 49.2 Å². The molecule has 0 aliphatic rings. The lowest BCUT2D eigenvalue weighted by Crippen LogP contribution is -2.52. The van der Waals surface area contributed by atoms with Gasteiger partial charge in [-0.05, 0) is 59.5 Å². The van der Waals surface area contributed by atoms with E-state index in [9.17, 15) is 0 Å². The van der Waals surface area contributed by atoms with Gasteiger partial charge >= 0.3 is 0 Å². The quantitative estimate of drug-likeness (QED) is 0.119. The fraction of sp³-hybridized carbons (Fsp3) is 0.576. The number of hydrogen-bond donors (Lipinski definition) is 0. The van der Waals surface area contributed by atoms with Gasteiger partial charge in [-0.3, -0.25) is 0 Å². The monoisotopic (exact) mass is 586 g/mol. The standard InChI is InChI=1S/C33H54O5Si2/c1-32(2,3)39(8,9)37-30(18-15-23-35-24-27-16-13-12-14-17-27)31(38-40(10,11)33(4,5)6)26-36-25-28-19-21-29(34-7)22-20-28/h12-22,30-31H,23-26H2,1-11H3/b18-15+/t30-,31-/m0/s1. The first-order valence-corrected chi connectivity index (χ1v) is 20.2. The topological polar surface area (TPSA) is 46.2 Å². The minimum Gasteiger partial charge on any atom is -0.497 e. The molecule has 2 atom stereocenters. The van der Waals surface area contributed by atoms with Crippen LogP contribution in [0.15, 0.2) is 66.7 Å². The van der Waals surface area contributed by atoms with E-state index in [2.05, 4.69) is 92.0 Å². The number of benzene rings is 2. The Morgan fingerprint density at radius 2 is 1.23 bits per heavy atom. The highest BCUT2D eigenvalue weighted by atomic mass is 28.4. The number of hydrogen-bond acceptors (Lipinski definition) is 5. The van der Waals surface area contributed by atoms with Crippen molar-refractivity contribution in [2.75, 3.05) is 20.3 Å². The summed E-state index contributed by atoms with van der Waals surface area (Å²) in [5, 5.41) is 0.125. The van der Waals surface area contributed by atoms with E-state index in [0.717, 1.165) is 16.9 Å². The van der Waals surface area contributed by atoms with Crippen LogP contribution in [-0.2, 0) is 31.5 Å². The van der Waals surface area contributed by atoms with Crippen LogP contribution >= 0.6 is 0 Å². The molecule has 2 rings (SSSR count). The number of rotatable bonds is 15. The minimum absolute atomic E-state index is 0.0608. The molecule has 0 aliphatic carbocycles. The molecule has 0 amide bonds. The zero-order valence-electron chi connectivity index (χ0n) is 26.9. The summed E-state index contributed by atoms with van der Waals surface area (Å²) in [6.07, 6.45) is 3.73. The molecule has 0 saturated heterocycles. The van der Waals surface area contributed by atoms with E-state index in [0.29, 0.717) is 26.4 Å². The van der Waals surface area contributed by atoms with Crippen LogP contribution < -0.4 is 4.74 Å². The second-order valence-electron chi connectivity index (χ2n) is 13.6. The lowest BCUT2D eigenvalue weighted by atomic mass is 10.2. The molecule has 224 valence electrons. The summed E-state index contributed by atoms with van der Waals surface area (Å²) in [6, 6.07) is 18.2. The highest BCUT2D eigenvalue weighted by Crippen LogP contribution is 2.40. The van der Waals surface area contributed by atoms with E-state index in [-0.39, 0.29) is 22.3 Å². The molecule has 2 aromatic rings. The summed E-state index contributed by atoms with van der Waals surface area (Å²) in [4.78, 5) is 0. The smallest absolute Gasteiger partial charge is 0.193 e. The molecule has 0 spiro atoms. The fourth-order valence-corrected chi connectivity index (χ4v) is 6.11. The maximum absolute atomic E-state index is 7.02. The molecule has 0 bridgehead atoms. The van der Waals surface area contributed by atoms with Gasteiger partial charge in [-0.15, -0.1) is 0 Å². The van der Waals surface area contributed by atoms with E-state index >= 15 is 0 Å². The van der Waals surface area contributed by atoms with E-state index < -0.39 is 16.6 Å². The van der Waals surface area contributed by atoms with Crippen LogP contribution in [0.5, 0.6) is 5.75 Å². The van der Waals surface area contributed by atoms with Crippen molar-refractivity contribution in [3.05, 3.63) is 77.9 Å². The summed E-state index contributed by atoms with van der Waals surface area (Å²) < 4.78 is 31.6. The molecule has 0 saturated carbocycles. The molecule has 0 fully saturated rings. The van der Waals surface area contributed by atoms with Crippen molar-refractivity contribution in [3.63, 3.8) is 0 Å². The normalized spacial score (nSPS) is 14.9. The molecule has 7 heteroatoms. The van der Waals surface area contributed by atoms with Crippen LogP contribution in [0, 0.1) is 0 Å². The molecule has 0 aromatic heterocycles. The molecule has 0 heterocycles. The maximum Gasteiger partial charge on any atom is 0.193 e. The Morgan fingerprint density at radius 1 is 0.700 bits per heavy atom. The number of ether oxygens (including phenoxy) is 3. The summed E-state index contributed by atoms with van der Waals surface area (Å²) in [7, 11) is -2.55. The van der Waals surface area contributed by atoms with Crippen LogP contribution in [0.25, 0.3) is 0 Å². The molecule has 0 aliphatic heterocycles. The zero-order chi connectivity index (χ0) is 30.0. The van der Waals surface area contributed by atoms with Crippen LogP contribution in [0.1, 0.15) is 52.7 Å². The van der Waals surface area contributed by atoms with Gasteiger partial charge in [0, 0.05) is 0 Å². The maximum atomic E-state index is 7.02. The molecule has 40 heavy (non-hydrogen) atoms. The first kappa shape index (κ1) is 34.5. The van der Waals surface area contributed by atoms with E-state index in [4.69, 9.17) is 23.1 Å². The Labute approximate surface area is 246 Å². The van der Waals surface area contributed by atoms with Crippen molar-refractivity contribution in [1.29, 1.82) is 0 Å². The third-order valence-corrected chi connectivity index (χ3v) is 17.2. The number of methoxy groups -OCH3 is 1. The molecular formula is C33H54O5Si2. The molecule has 5 nitrogen and oxygen atoms in total. The summed E-state index contributed by atoms with van der Waals surface area (Å²) in [6.45, 7) is 24.8. The highest BCUT2D eigenvalue weighted by molar-refractivity contribution is 6.74. The Balaban J connectivity index is 2.26. The first-order chi connectivity index (χ1) is 18.6. The summed E-state index contributed by atoms with van der Waals surface area (Å²) >= 11 is 0. The van der Waals surface area contributed by atoms with Crippen LogP contribution in [0.3, 0.4) is 0 Å².